The van der Waals surface area contributed by atoms with Crippen molar-refractivity contribution in [3.63, 3.8) is 0 Å². The van der Waals surface area contributed by atoms with Gasteiger partial charge in [-0.15, -0.1) is 0 Å². The molecule has 2 aromatic rings. The molecule has 1 unspecified atom stereocenters. The van der Waals surface area contributed by atoms with E-state index in [4.69, 9.17) is 5.73 Å². The minimum absolute atomic E-state index is 0.0191. The monoisotopic (exact) mass is 340 g/mol. The zero-order chi connectivity index (χ0) is 18.1. The summed E-state index contributed by atoms with van der Waals surface area (Å²) in [5.41, 5.74) is 8.20. The van der Waals surface area contributed by atoms with Gasteiger partial charge in [0.15, 0.2) is 0 Å². The average Bonchev–Trinajstić information content (AvgIpc) is 2.65. The normalized spacial score (nSPS) is 11.6. The third kappa shape index (κ3) is 6.00. The van der Waals surface area contributed by atoms with Crippen LogP contribution in [0.2, 0.25) is 0 Å². The highest BCUT2D eigenvalue weighted by Crippen LogP contribution is 2.13. The van der Waals surface area contributed by atoms with Crippen LogP contribution in [0.4, 0.5) is 5.69 Å². The highest BCUT2D eigenvalue weighted by Gasteiger charge is 2.10. The molecule has 0 saturated heterocycles. The quantitative estimate of drug-likeness (QED) is 0.688. The average molecular weight is 340 g/mol. The van der Waals surface area contributed by atoms with E-state index < -0.39 is 0 Å². The van der Waals surface area contributed by atoms with Crippen molar-refractivity contribution in [2.75, 3.05) is 11.9 Å². The van der Waals surface area contributed by atoms with Gasteiger partial charge in [0.25, 0.3) is 5.91 Å². The van der Waals surface area contributed by atoms with Crippen LogP contribution in [0.15, 0.2) is 48.8 Å². The Balaban J connectivity index is 1.88. The lowest BCUT2D eigenvalue weighted by Crippen LogP contribution is -2.31. The fourth-order valence-corrected chi connectivity index (χ4v) is 2.29. The SMILES string of the molecule is CCCCC(=O)NCC(N)c1ccc(C(=O)Nc2ccncc2)cc1. The van der Waals surface area contributed by atoms with E-state index in [2.05, 4.69) is 15.6 Å². The number of anilines is 1. The molecular formula is C19H24N4O2. The number of nitrogens with one attached hydrogen (secondary N) is 2. The zero-order valence-corrected chi connectivity index (χ0v) is 14.4. The highest BCUT2D eigenvalue weighted by atomic mass is 16.2. The highest BCUT2D eigenvalue weighted by molar-refractivity contribution is 6.04. The molecule has 2 rings (SSSR count). The van der Waals surface area contributed by atoms with Gasteiger partial charge in [-0.1, -0.05) is 25.5 Å². The number of pyridine rings is 1. The van der Waals surface area contributed by atoms with Gasteiger partial charge in [0, 0.05) is 42.7 Å². The molecule has 0 fully saturated rings. The van der Waals surface area contributed by atoms with Gasteiger partial charge in [0.1, 0.15) is 0 Å². The Morgan fingerprint density at radius 3 is 2.44 bits per heavy atom. The van der Waals surface area contributed by atoms with Crippen LogP contribution in [0.25, 0.3) is 0 Å². The molecule has 2 amide bonds. The lowest BCUT2D eigenvalue weighted by atomic mass is 10.0. The van der Waals surface area contributed by atoms with Crippen molar-refractivity contribution in [1.82, 2.24) is 10.3 Å². The second-order valence-corrected chi connectivity index (χ2v) is 5.83. The summed E-state index contributed by atoms with van der Waals surface area (Å²) in [7, 11) is 0. The largest absolute Gasteiger partial charge is 0.354 e. The van der Waals surface area contributed by atoms with E-state index in [1.807, 2.05) is 19.1 Å². The summed E-state index contributed by atoms with van der Waals surface area (Å²) >= 11 is 0. The second kappa shape index (κ2) is 9.54. The van der Waals surface area contributed by atoms with Crippen molar-refractivity contribution in [3.05, 3.63) is 59.9 Å². The molecule has 6 nitrogen and oxygen atoms in total. The number of benzene rings is 1. The summed E-state index contributed by atoms with van der Waals surface area (Å²) in [6, 6.07) is 10.2. The van der Waals surface area contributed by atoms with Crippen molar-refractivity contribution in [2.45, 2.75) is 32.2 Å². The number of rotatable bonds is 8. The first-order chi connectivity index (χ1) is 12.1. The van der Waals surface area contributed by atoms with Crippen molar-refractivity contribution < 1.29 is 9.59 Å². The van der Waals surface area contributed by atoms with Crippen LogP contribution in [-0.2, 0) is 4.79 Å². The Kier molecular flexibility index (Phi) is 7.10. The molecule has 0 radical (unpaired) electrons. The van der Waals surface area contributed by atoms with E-state index >= 15 is 0 Å². The molecule has 1 aromatic carbocycles. The molecule has 0 spiro atoms. The van der Waals surface area contributed by atoms with Crippen LogP contribution < -0.4 is 16.4 Å². The van der Waals surface area contributed by atoms with E-state index in [9.17, 15) is 9.59 Å². The van der Waals surface area contributed by atoms with E-state index in [1.54, 1.807) is 36.7 Å². The molecule has 25 heavy (non-hydrogen) atoms. The van der Waals surface area contributed by atoms with Gasteiger partial charge in [-0.25, -0.2) is 0 Å². The number of nitrogens with zero attached hydrogens (tertiary/aromatic N) is 1. The molecule has 0 aliphatic rings. The maximum absolute atomic E-state index is 12.2. The zero-order valence-electron chi connectivity index (χ0n) is 14.4. The standard InChI is InChI=1S/C19H24N4O2/c1-2-3-4-18(24)22-13-17(20)14-5-7-15(8-6-14)19(25)23-16-9-11-21-12-10-16/h5-12,17H,2-4,13,20H2,1H3,(H,22,24)(H,21,23,25). The topological polar surface area (TPSA) is 97.1 Å². The lowest BCUT2D eigenvalue weighted by Gasteiger charge is -2.14. The summed E-state index contributed by atoms with van der Waals surface area (Å²) in [6.07, 6.45) is 5.63. The molecule has 4 N–H and O–H groups in total. The maximum Gasteiger partial charge on any atom is 0.255 e. The Morgan fingerprint density at radius 1 is 1.12 bits per heavy atom. The van der Waals surface area contributed by atoms with Crippen molar-refractivity contribution in [3.8, 4) is 0 Å². The predicted molar refractivity (Wildman–Crippen MR) is 98.1 cm³/mol. The number of nitrogens with two attached hydrogens (primary N) is 1. The Bertz CT molecular complexity index is 686. The van der Waals surface area contributed by atoms with Crippen LogP contribution >= 0.6 is 0 Å². The second-order valence-electron chi connectivity index (χ2n) is 5.83. The molecule has 132 valence electrons. The number of aromatic nitrogens is 1. The van der Waals surface area contributed by atoms with E-state index in [1.165, 1.54) is 0 Å². The van der Waals surface area contributed by atoms with Gasteiger partial charge in [-0.2, -0.15) is 0 Å². The Labute approximate surface area is 147 Å². The third-order valence-corrected chi connectivity index (χ3v) is 3.82. The van der Waals surface area contributed by atoms with Gasteiger partial charge >= 0.3 is 0 Å². The molecule has 1 atom stereocenters. The first kappa shape index (κ1) is 18.6. The molecule has 0 aliphatic carbocycles. The van der Waals surface area contributed by atoms with Crippen LogP contribution in [0, 0.1) is 0 Å². The van der Waals surface area contributed by atoms with Crippen LogP contribution in [0.1, 0.15) is 48.1 Å². The van der Waals surface area contributed by atoms with Gasteiger partial charge in [-0.3, -0.25) is 14.6 Å². The van der Waals surface area contributed by atoms with Crippen molar-refractivity contribution in [1.29, 1.82) is 0 Å². The van der Waals surface area contributed by atoms with E-state index in [0.717, 1.165) is 18.4 Å². The van der Waals surface area contributed by atoms with Gasteiger partial charge in [-0.05, 0) is 36.2 Å². The summed E-state index contributed by atoms with van der Waals surface area (Å²) in [6.45, 7) is 2.43. The fourth-order valence-electron chi connectivity index (χ4n) is 2.29. The maximum atomic E-state index is 12.2. The minimum atomic E-state index is -0.303. The molecule has 1 heterocycles. The first-order valence-corrected chi connectivity index (χ1v) is 8.43. The lowest BCUT2D eigenvalue weighted by molar-refractivity contribution is -0.121. The molecule has 0 aliphatic heterocycles. The molecule has 6 heteroatoms. The number of unbranched alkanes of at least 4 members (excludes halogenated alkanes) is 1. The number of hydrogen-bond acceptors (Lipinski definition) is 4. The van der Waals surface area contributed by atoms with E-state index in [0.29, 0.717) is 24.2 Å². The van der Waals surface area contributed by atoms with Crippen molar-refractivity contribution >= 4 is 17.5 Å². The van der Waals surface area contributed by atoms with E-state index in [-0.39, 0.29) is 17.9 Å². The molecular weight excluding hydrogens is 316 g/mol. The number of hydrogen-bond donors (Lipinski definition) is 3. The van der Waals surface area contributed by atoms with Gasteiger partial charge < -0.3 is 16.4 Å². The minimum Gasteiger partial charge on any atom is -0.354 e. The predicted octanol–water partition coefficient (Wildman–Crippen LogP) is 2.64. The van der Waals surface area contributed by atoms with Crippen LogP contribution in [0.3, 0.4) is 0 Å². The van der Waals surface area contributed by atoms with Gasteiger partial charge in [0.05, 0.1) is 0 Å². The number of carbonyl (C=O) groups excluding carboxylic acids is 2. The fraction of sp³-hybridized carbons (Fsp3) is 0.316. The first-order valence-electron chi connectivity index (χ1n) is 8.43. The van der Waals surface area contributed by atoms with Crippen molar-refractivity contribution in [2.24, 2.45) is 5.73 Å². The molecule has 0 bridgehead atoms. The summed E-state index contributed by atoms with van der Waals surface area (Å²) in [5, 5.41) is 5.64. The number of carbonyl (C=O) groups is 2. The van der Waals surface area contributed by atoms with Crippen LogP contribution in [-0.4, -0.2) is 23.3 Å². The smallest absolute Gasteiger partial charge is 0.255 e. The summed E-state index contributed by atoms with van der Waals surface area (Å²) in [5.74, 6) is -0.176. The molecule has 1 aromatic heterocycles. The van der Waals surface area contributed by atoms with Crippen LogP contribution in [0.5, 0.6) is 0 Å². The third-order valence-electron chi connectivity index (χ3n) is 3.82. The molecule has 0 saturated carbocycles. The number of amides is 2. The summed E-state index contributed by atoms with van der Waals surface area (Å²) in [4.78, 5) is 27.7. The van der Waals surface area contributed by atoms with Gasteiger partial charge in [0.2, 0.25) is 5.91 Å². The Morgan fingerprint density at radius 2 is 1.80 bits per heavy atom. The summed E-state index contributed by atoms with van der Waals surface area (Å²) < 4.78 is 0. The Hall–Kier alpha value is -2.73.